The minimum absolute atomic E-state index is 0.539. The van der Waals surface area contributed by atoms with Crippen LogP contribution in [-0.2, 0) is 4.84 Å². The molecule has 1 fully saturated rings. The lowest BCUT2D eigenvalue weighted by Crippen LogP contribution is -2.38. The fraction of sp³-hybridized carbons (Fsp3) is 1.00. The summed E-state index contributed by atoms with van der Waals surface area (Å²) in [6, 6.07) is 0. The van der Waals surface area contributed by atoms with Gasteiger partial charge in [0.1, 0.15) is 0 Å². The van der Waals surface area contributed by atoms with E-state index in [-0.39, 0.29) is 0 Å². The summed E-state index contributed by atoms with van der Waals surface area (Å²) in [6.07, 6.45) is 1.20. The molecule has 0 aromatic carbocycles. The molecule has 0 aromatic rings. The first-order valence-corrected chi connectivity index (χ1v) is 7.07. The van der Waals surface area contributed by atoms with Gasteiger partial charge in [0, 0.05) is 6.54 Å². The fourth-order valence-corrected chi connectivity index (χ4v) is 2.47. The number of hydrogen-bond acceptors (Lipinski definition) is 2. The Morgan fingerprint density at radius 3 is 2.33 bits per heavy atom. The maximum absolute atomic E-state index is 5.33. The van der Waals surface area contributed by atoms with Gasteiger partial charge in [0.15, 0.2) is 0 Å². The van der Waals surface area contributed by atoms with Gasteiger partial charge in [-0.2, -0.15) is 0 Å². The van der Waals surface area contributed by atoms with Gasteiger partial charge in [-0.05, 0) is 6.42 Å². The van der Waals surface area contributed by atoms with E-state index < -0.39 is 8.07 Å². The van der Waals surface area contributed by atoms with Crippen LogP contribution in [0.3, 0.4) is 0 Å². The molecule has 3 heteroatoms. The number of rotatable bonds is 1. The zero-order valence-corrected chi connectivity index (χ0v) is 7.40. The molecule has 0 radical (unpaired) electrons. The van der Waals surface area contributed by atoms with E-state index in [1.165, 1.54) is 6.42 Å². The smallest absolute Gasteiger partial charge is 0.0812 e. The highest BCUT2D eigenvalue weighted by Gasteiger charge is 2.30. The topological polar surface area (TPSA) is 21.3 Å². The van der Waals surface area contributed by atoms with Crippen LogP contribution >= 0.6 is 0 Å². The summed E-state index contributed by atoms with van der Waals surface area (Å²) in [5.74, 6) is 0. The van der Waals surface area contributed by atoms with E-state index in [9.17, 15) is 0 Å². The van der Waals surface area contributed by atoms with Gasteiger partial charge in [0.2, 0.25) is 0 Å². The normalized spacial score (nSPS) is 29.0. The van der Waals surface area contributed by atoms with Crippen molar-refractivity contribution in [2.75, 3.05) is 6.54 Å². The van der Waals surface area contributed by atoms with E-state index in [0.717, 1.165) is 6.54 Å². The molecule has 0 spiro atoms. The van der Waals surface area contributed by atoms with Crippen LogP contribution in [0.4, 0.5) is 0 Å². The van der Waals surface area contributed by atoms with Gasteiger partial charge < -0.3 is 4.84 Å². The van der Waals surface area contributed by atoms with E-state index in [1.54, 1.807) is 0 Å². The molecular formula is C6H15NOSi. The van der Waals surface area contributed by atoms with Crippen LogP contribution in [0.25, 0.3) is 0 Å². The van der Waals surface area contributed by atoms with E-state index in [2.05, 4.69) is 25.1 Å². The summed E-state index contributed by atoms with van der Waals surface area (Å²) < 4.78 is 0. The molecular weight excluding hydrogens is 130 g/mol. The minimum atomic E-state index is -1.01. The van der Waals surface area contributed by atoms with Gasteiger partial charge in [-0.15, -0.1) is 0 Å². The summed E-state index contributed by atoms with van der Waals surface area (Å²) in [6.45, 7) is 8.05. The Hall–Kier alpha value is 0.137. The molecule has 1 aliphatic rings. The van der Waals surface area contributed by atoms with Gasteiger partial charge in [0.25, 0.3) is 0 Å². The van der Waals surface area contributed by atoms with Crippen molar-refractivity contribution >= 4 is 8.07 Å². The van der Waals surface area contributed by atoms with Crippen molar-refractivity contribution in [3.8, 4) is 0 Å². The van der Waals surface area contributed by atoms with E-state index in [4.69, 9.17) is 4.84 Å². The number of nitrogens with one attached hydrogen (secondary N) is 1. The van der Waals surface area contributed by atoms with Crippen molar-refractivity contribution in [1.82, 2.24) is 5.48 Å². The van der Waals surface area contributed by atoms with Crippen molar-refractivity contribution in [2.24, 2.45) is 0 Å². The Kier molecular flexibility index (Phi) is 1.93. The Morgan fingerprint density at radius 1 is 1.44 bits per heavy atom. The molecule has 1 unspecified atom stereocenters. The van der Waals surface area contributed by atoms with Gasteiger partial charge in [-0.3, -0.25) is 0 Å². The molecule has 0 bridgehead atoms. The molecule has 0 aromatic heterocycles. The average Bonchev–Trinajstić information content (AvgIpc) is 2.08. The molecule has 9 heavy (non-hydrogen) atoms. The van der Waals surface area contributed by atoms with Crippen LogP contribution in [0, 0.1) is 0 Å². The SMILES string of the molecule is C[Si](C)(C)C1CCNO1. The molecule has 0 aliphatic carbocycles. The molecule has 0 saturated carbocycles. The molecule has 1 aliphatic heterocycles. The summed E-state index contributed by atoms with van der Waals surface area (Å²) >= 11 is 0. The largest absolute Gasteiger partial charge is 0.302 e. The second-order valence-corrected chi connectivity index (χ2v) is 9.03. The highest BCUT2D eigenvalue weighted by Crippen LogP contribution is 2.16. The lowest BCUT2D eigenvalue weighted by molar-refractivity contribution is 0.0727. The lowest BCUT2D eigenvalue weighted by Gasteiger charge is -2.21. The second kappa shape index (κ2) is 2.40. The molecule has 1 heterocycles. The van der Waals surface area contributed by atoms with Crippen LogP contribution in [0.1, 0.15) is 6.42 Å². The first-order valence-electron chi connectivity index (χ1n) is 3.49. The third kappa shape index (κ3) is 1.78. The van der Waals surface area contributed by atoms with Crippen molar-refractivity contribution in [3.63, 3.8) is 0 Å². The van der Waals surface area contributed by atoms with Gasteiger partial charge in [0.05, 0.1) is 13.8 Å². The monoisotopic (exact) mass is 145 g/mol. The molecule has 1 atom stereocenters. The van der Waals surface area contributed by atoms with Crippen LogP contribution < -0.4 is 5.48 Å². The second-order valence-electron chi connectivity index (χ2n) is 3.66. The number of hydrogen-bond donors (Lipinski definition) is 1. The van der Waals surface area contributed by atoms with Gasteiger partial charge in [-0.25, -0.2) is 5.48 Å². The van der Waals surface area contributed by atoms with E-state index >= 15 is 0 Å². The van der Waals surface area contributed by atoms with E-state index in [0.29, 0.717) is 5.73 Å². The first kappa shape index (κ1) is 7.25. The Labute approximate surface area is 57.6 Å². The molecule has 2 nitrogen and oxygen atoms in total. The Balaban J connectivity index is 2.42. The summed E-state index contributed by atoms with van der Waals surface area (Å²) in [5, 5.41) is 0. The minimum Gasteiger partial charge on any atom is -0.302 e. The van der Waals surface area contributed by atoms with Gasteiger partial charge in [-0.1, -0.05) is 19.6 Å². The summed E-state index contributed by atoms with van der Waals surface area (Å²) in [7, 11) is -1.01. The quantitative estimate of drug-likeness (QED) is 0.559. The van der Waals surface area contributed by atoms with Crippen LogP contribution in [0.2, 0.25) is 19.6 Å². The standard InChI is InChI=1S/C6H15NOSi/c1-9(2,3)6-4-5-7-8-6/h6-7H,4-5H2,1-3H3. The highest BCUT2D eigenvalue weighted by atomic mass is 28.3. The van der Waals surface area contributed by atoms with Gasteiger partial charge >= 0.3 is 0 Å². The third-order valence-electron chi connectivity index (χ3n) is 1.70. The maximum atomic E-state index is 5.33. The van der Waals surface area contributed by atoms with Crippen LogP contribution in [0.5, 0.6) is 0 Å². The third-order valence-corrected chi connectivity index (χ3v) is 4.04. The molecule has 1 rings (SSSR count). The number of hydroxylamine groups is 1. The van der Waals surface area contributed by atoms with Crippen molar-refractivity contribution in [3.05, 3.63) is 0 Å². The van der Waals surface area contributed by atoms with Crippen molar-refractivity contribution in [2.45, 2.75) is 31.8 Å². The molecule has 1 saturated heterocycles. The van der Waals surface area contributed by atoms with Crippen molar-refractivity contribution < 1.29 is 4.84 Å². The lowest BCUT2D eigenvalue weighted by atomic mass is 10.5. The highest BCUT2D eigenvalue weighted by molar-refractivity contribution is 6.77. The molecule has 0 amide bonds. The maximum Gasteiger partial charge on any atom is 0.0812 e. The zero-order valence-electron chi connectivity index (χ0n) is 6.40. The summed E-state index contributed by atoms with van der Waals surface area (Å²) in [4.78, 5) is 5.33. The summed E-state index contributed by atoms with van der Waals surface area (Å²) in [5.41, 5.74) is 3.45. The predicted octanol–water partition coefficient (Wildman–Crippen LogP) is 1.16. The zero-order chi connectivity index (χ0) is 6.91. The fourth-order valence-electron chi connectivity index (χ4n) is 1.02. The Bertz CT molecular complexity index is 93.7. The molecule has 1 N–H and O–H groups in total. The van der Waals surface area contributed by atoms with Crippen LogP contribution in [0.15, 0.2) is 0 Å². The Morgan fingerprint density at radius 2 is 2.11 bits per heavy atom. The average molecular weight is 145 g/mol. The van der Waals surface area contributed by atoms with Crippen molar-refractivity contribution in [1.29, 1.82) is 0 Å². The first-order chi connectivity index (χ1) is 4.11. The van der Waals surface area contributed by atoms with E-state index in [1.807, 2.05) is 0 Å². The molecule has 54 valence electrons. The predicted molar refractivity (Wildman–Crippen MR) is 40.8 cm³/mol. The van der Waals surface area contributed by atoms with Crippen LogP contribution in [-0.4, -0.2) is 20.3 Å².